The van der Waals surface area contributed by atoms with Crippen molar-refractivity contribution in [3.8, 4) is 0 Å². The van der Waals surface area contributed by atoms with Gasteiger partial charge in [-0.25, -0.2) is 0 Å². The van der Waals surface area contributed by atoms with Crippen molar-refractivity contribution in [3.63, 3.8) is 0 Å². The van der Waals surface area contributed by atoms with E-state index in [0.29, 0.717) is 25.8 Å². The van der Waals surface area contributed by atoms with E-state index in [9.17, 15) is 0 Å². The Kier molecular flexibility index (Phi) is 2.79. The van der Waals surface area contributed by atoms with Crippen LogP contribution in [-0.4, -0.2) is 27.9 Å². The first kappa shape index (κ1) is 9.61. The maximum Gasteiger partial charge on any atom is 0.159 e. The molecule has 1 fully saturated rings. The maximum absolute atomic E-state index is 5.35. The van der Waals surface area contributed by atoms with Gasteiger partial charge in [0.2, 0.25) is 0 Å². The van der Waals surface area contributed by atoms with Crippen LogP contribution in [-0.2, 0) is 11.3 Å². The van der Waals surface area contributed by atoms with Crippen LogP contribution in [0.1, 0.15) is 30.5 Å². The standard InChI is InChI=1S/C9H16N4O/c1-7-11-12-9(6-14-5-4-10)13(7)8-2-3-8/h8H,2-6,10H2,1H3. The zero-order chi connectivity index (χ0) is 9.97. The van der Waals surface area contributed by atoms with E-state index in [1.54, 1.807) is 0 Å². The summed E-state index contributed by atoms with van der Waals surface area (Å²) < 4.78 is 7.53. The van der Waals surface area contributed by atoms with Crippen molar-refractivity contribution in [2.75, 3.05) is 13.2 Å². The minimum Gasteiger partial charge on any atom is -0.372 e. The minimum atomic E-state index is 0.522. The molecule has 0 radical (unpaired) electrons. The van der Waals surface area contributed by atoms with Crippen LogP contribution < -0.4 is 5.73 Å². The molecule has 1 aliphatic carbocycles. The molecule has 2 N–H and O–H groups in total. The molecule has 0 atom stereocenters. The highest BCUT2D eigenvalue weighted by molar-refractivity contribution is 5.00. The maximum atomic E-state index is 5.35. The van der Waals surface area contributed by atoms with Crippen molar-refractivity contribution < 1.29 is 4.74 Å². The molecule has 1 saturated carbocycles. The lowest BCUT2D eigenvalue weighted by molar-refractivity contribution is 0.119. The molecule has 1 aromatic heterocycles. The molecule has 1 aliphatic rings. The first-order valence-corrected chi connectivity index (χ1v) is 5.01. The summed E-state index contributed by atoms with van der Waals surface area (Å²) in [5.74, 6) is 1.91. The number of hydrogen-bond donors (Lipinski definition) is 1. The molecule has 0 saturated heterocycles. The third-order valence-corrected chi connectivity index (χ3v) is 2.34. The topological polar surface area (TPSA) is 66.0 Å². The van der Waals surface area contributed by atoms with Crippen molar-refractivity contribution >= 4 is 0 Å². The van der Waals surface area contributed by atoms with E-state index in [2.05, 4.69) is 14.8 Å². The summed E-state index contributed by atoms with van der Waals surface area (Å²) in [6, 6.07) is 0.612. The Bertz CT molecular complexity index is 306. The van der Waals surface area contributed by atoms with Crippen molar-refractivity contribution in [2.24, 2.45) is 5.73 Å². The SMILES string of the molecule is Cc1nnc(COCCN)n1C1CC1. The van der Waals surface area contributed by atoms with Crippen LogP contribution in [0.15, 0.2) is 0 Å². The third kappa shape index (κ3) is 1.93. The van der Waals surface area contributed by atoms with Crippen LogP contribution in [0.25, 0.3) is 0 Å². The lowest BCUT2D eigenvalue weighted by Gasteiger charge is -2.06. The van der Waals surface area contributed by atoms with Gasteiger partial charge in [-0.1, -0.05) is 0 Å². The molecule has 14 heavy (non-hydrogen) atoms. The molecular formula is C9H16N4O. The highest BCUT2D eigenvalue weighted by Crippen LogP contribution is 2.36. The molecule has 0 aromatic carbocycles. The zero-order valence-corrected chi connectivity index (χ0v) is 8.44. The van der Waals surface area contributed by atoms with Gasteiger partial charge in [0.25, 0.3) is 0 Å². The molecule has 0 spiro atoms. The average Bonchev–Trinajstić information content (AvgIpc) is 2.93. The third-order valence-electron chi connectivity index (χ3n) is 2.34. The van der Waals surface area contributed by atoms with Crippen LogP contribution in [0.3, 0.4) is 0 Å². The minimum absolute atomic E-state index is 0.522. The molecule has 1 heterocycles. The number of ether oxygens (including phenoxy) is 1. The van der Waals surface area contributed by atoms with E-state index in [0.717, 1.165) is 11.6 Å². The number of aryl methyl sites for hydroxylation is 1. The summed E-state index contributed by atoms with van der Waals surface area (Å²) >= 11 is 0. The number of aromatic nitrogens is 3. The van der Waals surface area contributed by atoms with E-state index in [1.165, 1.54) is 12.8 Å². The summed E-state index contributed by atoms with van der Waals surface area (Å²) in [4.78, 5) is 0. The smallest absolute Gasteiger partial charge is 0.159 e. The van der Waals surface area contributed by atoms with E-state index >= 15 is 0 Å². The van der Waals surface area contributed by atoms with Gasteiger partial charge in [-0.15, -0.1) is 10.2 Å². The Morgan fingerprint density at radius 3 is 2.93 bits per heavy atom. The highest BCUT2D eigenvalue weighted by Gasteiger charge is 2.27. The van der Waals surface area contributed by atoms with Crippen LogP contribution in [0.4, 0.5) is 0 Å². The largest absolute Gasteiger partial charge is 0.372 e. The van der Waals surface area contributed by atoms with Gasteiger partial charge in [0.1, 0.15) is 12.4 Å². The predicted octanol–water partition coefficient (Wildman–Crippen LogP) is 0.397. The molecule has 5 heteroatoms. The van der Waals surface area contributed by atoms with E-state index < -0.39 is 0 Å². The second-order valence-corrected chi connectivity index (χ2v) is 3.61. The highest BCUT2D eigenvalue weighted by atomic mass is 16.5. The molecule has 0 unspecified atom stereocenters. The molecule has 0 amide bonds. The quantitative estimate of drug-likeness (QED) is 0.692. The Morgan fingerprint density at radius 2 is 2.29 bits per heavy atom. The first-order valence-electron chi connectivity index (χ1n) is 5.01. The van der Waals surface area contributed by atoms with Gasteiger partial charge in [-0.3, -0.25) is 0 Å². The fraction of sp³-hybridized carbons (Fsp3) is 0.778. The molecule has 78 valence electrons. The first-order chi connectivity index (χ1) is 6.83. The Hall–Kier alpha value is -0.940. The van der Waals surface area contributed by atoms with Crippen LogP contribution in [0.5, 0.6) is 0 Å². The normalized spacial score (nSPS) is 16.1. The second-order valence-electron chi connectivity index (χ2n) is 3.61. The van der Waals surface area contributed by atoms with Gasteiger partial charge in [0, 0.05) is 12.6 Å². The predicted molar refractivity (Wildman–Crippen MR) is 51.7 cm³/mol. The monoisotopic (exact) mass is 196 g/mol. The summed E-state index contributed by atoms with van der Waals surface area (Å²) in [5, 5.41) is 8.15. The average molecular weight is 196 g/mol. The summed E-state index contributed by atoms with van der Waals surface area (Å²) in [6.07, 6.45) is 2.48. The zero-order valence-electron chi connectivity index (χ0n) is 8.44. The van der Waals surface area contributed by atoms with E-state index in [4.69, 9.17) is 10.5 Å². The molecule has 0 bridgehead atoms. The Balaban J connectivity index is 2.01. The van der Waals surface area contributed by atoms with Crippen LogP contribution >= 0.6 is 0 Å². The summed E-state index contributed by atoms with van der Waals surface area (Å²) in [6.45, 7) is 3.64. The van der Waals surface area contributed by atoms with Gasteiger partial charge >= 0.3 is 0 Å². The summed E-state index contributed by atoms with van der Waals surface area (Å²) in [5.41, 5.74) is 5.34. The van der Waals surface area contributed by atoms with Gasteiger partial charge in [0.15, 0.2) is 5.82 Å². The number of rotatable bonds is 5. The summed E-state index contributed by atoms with van der Waals surface area (Å²) in [7, 11) is 0. The Labute approximate surface area is 83.3 Å². The van der Waals surface area contributed by atoms with Crippen molar-refractivity contribution in [1.82, 2.24) is 14.8 Å². The Morgan fingerprint density at radius 1 is 1.50 bits per heavy atom. The van der Waals surface area contributed by atoms with Gasteiger partial charge in [-0.2, -0.15) is 0 Å². The van der Waals surface area contributed by atoms with E-state index in [1.807, 2.05) is 6.92 Å². The van der Waals surface area contributed by atoms with Crippen LogP contribution in [0.2, 0.25) is 0 Å². The lowest BCUT2D eigenvalue weighted by atomic mass is 10.5. The molecular weight excluding hydrogens is 180 g/mol. The fourth-order valence-electron chi connectivity index (χ4n) is 1.57. The van der Waals surface area contributed by atoms with Gasteiger partial charge in [-0.05, 0) is 19.8 Å². The number of nitrogens with zero attached hydrogens (tertiary/aromatic N) is 3. The van der Waals surface area contributed by atoms with Gasteiger partial charge < -0.3 is 15.0 Å². The fourth-order valence-corrected chi connectivity index (χ4v) is 1.57. The number of nitrogens with two attached hydrogens (primary N) is 1. The molecule has 2 rings (SSSR count). The van der Waals surface area contributed by atoms with Crippen molar-refractivity contribution in [1.29, 1.82) is 0 Å². The number of hydrogen-bond acceptors (Lipinski definition) is 4. The van der Waals surface area contributed by atoms with E-state index in [-0.39, 0.29) is 0 Å². The molecule has 1 aromatic rings. The molecule has 0 aliphatic heterocycles. The van der Waals surface area contributed by atoms with Crippen LogP contribution in [0, 0.1) is 6.92 Å². The van der Waals surface area contributed by atoms with Gasteiger partial charge in [0.05, 0.1) is 6.61 Å². The van der Waals surface area contributed by atoms with Crippen molar-refractivity contribution in [3.05, 3.63) is 11.6 Å². The van der Waals surface area contributed by atoms with Crippen molar-refractivity contribution in [2.45, 2.75) is 32.4 Å². The molecule has 5 nitrogen and oxygen atoms in total. The second kappa shape index (κ2) is 4.06. The lowest BCUT2D eigenvalue weighted by Crippen LogP contribution is -2.11.